The van der Waals surface area contributed by atoms with E-state index in [-0.39, 0.29) is 0 Å². The fourth-order valence-electron chi connectivity index (χ4n) is 2.20. The minimum atomic E-state index is 0.514. The standard InChI is InChI=1S/C12H17ClN2/c1-9-5-6-15(8-9)12-4-2-3-11(13)10(12)7-14/h2-4,9H,5-8,14H2,1H3. The van der Waals surface area contributed by atoms with Crippen LogP contribution in [0, 0.1) is 5.92 Å². The van der Waals surface area contributed by atoms with E-state index >= 15 is 0 Å². The highest BCUT2D eigenvalue weighted by Crippen LogP contribution is 2.30. The number of benzene rings is 1. The van der Waals surface area contributed by atoms with E-state index in [1.165, 1.54) is 12.1 Å². The van der Waals surface area contributed by atoms with Crippen LogP contribution in [0.25, 0.3) is 0 Å². The van der Waals surface area contributed by atoms with Gasteiger partial charge in [-0.2, -0.15) is 0 Å². The van der Waals surface area contributed by atoms with Gasteiger partial charge >= 0.3 is 0 Å². The van der Waals surface area contributed by atoms with Crippen LogP contribution in [0.15, 0.2) is 18.2 Å². The number of halogens is 1. The molecule has 1 unspecified atom stereocenters. The first-order valence-electron chi connectivity index (χ1n) is 5.44. The predicted molar refractivity (Wildman–Crippen MR) is 65.3 cm³/mol. The predicted octanol–water partition coefficient (Wildman–Crippen LogP) is 2.64. The molecule has 2 rings (SSSR count). The van der Waals surface area contributed by atoms with Crippen LogP contribution in [0.5, 0.6) is 0 Å². The van der Waals surface area contributed by atoms with Gasteiger partial charge in [-0.05, 0) is 24.5 Å². The third-order valence-corrected chi connectivity index (χ3v) is 3.42. The molecule has 15 heavy (non-hydrogen) atoms. The van der Waals surface area contributed by atoms with Crippen molar-refractivity contribution in [2.75, 3.05) is 18.0 Å². The van der Waals surface area contributed by atoms with Gasteiger partial charge in [0.25, 0.3) is 0 Å². The van der Waals surface area contributed by atoms with Gasteiger partial charge in [-0.15, -0.1) is 0 Å². The van der Waals surface area contributed by atoms with Crippen LogP contribution < -0.4 is 10.6 Å². The lowest BCUT2D eigenvalue weighted by atomic mass is 10.1. The van der Waals surface area contributed by atoms with Crippen LogP contribution in [0.2, 0.25) is 5.02 Å². The first-order chi connectivity index (χ1) is 7.22. The Kier molecular flexibility index (Phi) is 3.17. The van der Waals surface area contributed by atoms with Crippen LogP contribution in [0.3, 0.4) is 0 Å². The molecule has 0 radical (unpaired) electrons. The van der Waals surface area contributed by atoms with Gasteiger partial charge in [0.2, 0.25) is 0 Å². The fraction of sp³-hybridized carbons (Fsp3) is 0.500. The molecule has 0 amide bonds. The first kappa shape index (κ1) is 10.8. The Bertz CT molecular complexity index is 351. The van der Waals surface area contributed by atoms with E-state index in [0.29, 0.717) is 6.54 Å². The maximum Gasteiger partial charge on any atom is 0.0471 e. The maximum atomic E-state index is 6.14. The van der Waals surface area contributed by atoms with Crippen LogP contribution in [0.4, 0.5) is 5.69 Å². The molecule has 1 atom stereocenters. The number of anilines is 1. The second-order valence-corrected chi connectivity index (χ2v) is 4.69. The number of hydrogen-bond acceptors (Lipinski definition) is 2. The van der Waals surface area contributed by atoms with Gasteiger partial charge in [0, 0.05) is 35.9 Å². The summed E-state index contributed by atoms with van der Waals surface area (Å²) in [5.74, 6) is 0.773. The summed E-state index contributed by atoms with van der Waals surface area (Å²) >= 11 is 6.14. The second-order valence-electron chi connectivity index (χ2n) is 4.28. The van der Waals surface area contributed by atoms with Gasteiger partial charge in [-0.25, -0.2) is 0 Å². The van der Waals surface area contributed by atoms with Crippen molar-refractivity contribution < 1.29 is 0 Å². The molecular formula is C12H17ClN2. The van der Waals surface area contributed by atoms with Gasteiger partial charge in [-0.3, -0.25) is 0 Å². The van der Waals surface area contributed by atoms with Gasteiger partial charge < -0.3 is 10.6 Å². The lowest BCUT2D eigenvalue weighted by Gasteiger charge is -2.22. The van der Waals surface area contributed by atoms with E-state index in [4.69, 9.17) is 17.3 Å². The van der Waals surface area contributed by atoms with Crippen LogP contribution >= 0.6 is 11.6 Å². The van der Waals surface area contributed by atoms with E-state index in [2.05, 4.69) is 17.9 Å². The zero-order valence-corrected chi connectivity index (χ0v) is 9.80. The third-order valence-electron chi connectivity index (χ3n) is 3.06. The summed E-state index contributed by atoms with van der Waals surface area (Å²) in [6.45, 7) is 5.04. The molecular weight excluding hydrogens is 208 g/mol. The molecule has 1 heterocycles. The van der Waals surface area contributed by atoms with Crippen molar-refractivity contribution in [3.8, 4) is 0 Å². The molecule has 3 heteroatoms. The Hall–Kier alpha value is -0.730. The Balaban J connectivity index is 2.31. The van der Waals surface area contributed by atoms with Crippen molar-refractivity contribution >= 4 is 17.3 Å². The highest BCUT2D eigenvalue weighted by atomic mass is 35.5. The summed E-state index contributed by atoms with van der Waals surface area (Å²) in [7, 11) is 0. The SMILES string of the molecule is CC1CCN(c2cccc(Cl)c2CN)C1. The van der Waals surface area contributed by atoms with Crippen molar-refractivity contribution in [1.29, 1.82) is 0 Å². The maximum absolute atomic E-state index is 6.14. The number of nitrogens with two attached hydrogens (primary N) is 1. The van der Waals surface area contributed by atoms with Crippen molar-refractivity contribution in [2.45, 2.75) is 19.9 Å². The number of hydrogen-bond donors (Lipinski definition) is 1. The van der Waals surface area contributed by atoms with Gasteiger partial charge in [-0.1, -0.05) is 24.6 Å². The van der Waals surface area contributed by atoms with E-state index in [0.717, 1.165) is 29.6 Å². The molecule has 2 N–H and O–H groups in total. The molecule has 1 aliphatic rings. The van der Waals surface area contributed by atoms with E-state index < -0.39 is 0 Å². The molecule has 1 aliphatic heterocycles. The highest BCUT2D eigenvalue weighted by Gasteiger charge is 2.21. The van der Waals surface area contributed by atoms with Crippen LogP contribution in [-0.2, 0) is 6.54 Å². The summed E-state index contributed by atoms with van der Waals surface area (Å²) in [4.78, 5) is 2.39. The zero-order valence-electron chi connectivity index (χ0n) is 9.04. The summed E-state index contributed by atoms with van der Waals surface area (Å²) in [6, 6.07) is 6.03. The Morgan fingerprint density at radius 1 is 1.53 bits per heavy atom. The second kappa shape index (κ2) is 4.42. The largest absolute Gasteiger partial charge is 0.371 e. The molecule has 0 aromatic heterocycles. The average Bonchev–Trinajstić information content (AvgIpc) is 2.64. The molecule has 1 aromatic carbocycles. The minimum Gasteiger partial charge on any atom is -0.371 e. The summed E-state index contributed by atoms with van der Waals surface area (Å²) in [5.41, 5.74) is 8.04. The van der Waals surface area contributed by atoms with Crippen molar-refractivity contribution in [1.82, 2.24) is 0 Å². The van der Waals surface area contributed by atoms with Gasteiger partial charge in [0.05, 0.1) is 0 Å². The fourth-order valence-corrected chi connectivity index (χ4v) is 2.45. The Morgan fingerprint density at radius 3 is 2.93 bits per heavy atom. The molecule has 1 aromatic rings. The highest BCUT2D eigenvalue weighted by molar-refractivity contribution is 6.31. The van der Waals surface area contributed by atoms with Gasteiger partial charge in [0.1, 0.15) is 0 Å². The number of rotatable bonds is 2. The molecule has 0 spiro atoms. The summed E-state index contributed by atoms with van der Waals surface area (Å²) in [6.07, 6.45) is 1.26. The molecule has 2 nitrogen and oxygen atoms in total. The normalized spacial score (nSPS) is 21.0. The molecule has 1 fully saturated rings. The Morgan fingerprint density at radius 2 is 2.33 bits per heavy atom. The first-order valence-corrected chi connectivity index (χ1v) is 5.82. The zero-order chi connectivity index (χ0) is 10.8. The third kappa shape index (κ3) is 2.11. The quantitative estimate of drug-likeness (QED) is 0.837. The van der Waals surface area contributed by atoms with Crippen LogP contribution in [-0.4, -0.2) is 13.1 Å². The van der Waals surface area contributed by atoms with Gasteiger partial charge in [0.15, 0.2) is 0 Å². The molecule has 0 aliphatic carbocycles. The van der Waals surface area contributed by atoms with E-state index in [1.807, 2.05) is 12.1 Å². The topological polar surface area (TPSA) is 29.3 Å². The Labute approximate surface area is 96.0 Å². The lowest BCUT2D eigenvalue weighted by Crippen LogP contribution is -2.21. The summed E-state index contributed by atoms with van der Waals surface area (Å²) in [5, 5.41) is 0.787. The van der Waals surface area contributed by atoms with Crippen molar-refractivity contribution in [2.24, 2.45) is 11.7 Å². The van der Waals surface area contributed by atoms with E-state index in [9.17, 15) is 0 Å². The summed E-state index contributed by atoms with van der Waals surface area (Å²) < 4.78 is 0. The molecule has 0 bridgehead atoms. The average molecular weight is 225 g/mol. The molecule has 82 valence electrons. The van der Waals surface area contributed by atoms with Crippen LogP contribution in [0.1, 0.15) is 18.9 Å². The lowest BCUT2D eigenvalue weighted by molar-refractivity contribution is 0.659. The van der Waals surface area contributed by atoms with Crippen molar-refractivity contribution in [3.05, 3.63) is 28.8 Å². The molecule has 1 saturated heterocycles. The monoisotopic (exact) mass is 224 g/mol. The minimum absolute atomic E-state index is 0.514. The smallest absolute Gasteiger partial charge is 0.0471 e. The van der Waals surface area contributed by atoms with E-state index in [1.54, 1.807) is 0 Å². The number of nitrogens with zero attached hydrogens (tertiary/aromatic N) is 1. The van der Waals surface area contributed by atoms with Crippen molar-refractivity contribution in [3.63, 3.8) is 0 Å². The molecule has 0 saturated carbocycles.